The molecule has 15 nitrogen and oxygen atoms in total. The number of imidazole rings is 1. The van der Waals surface area contributed by atoms with Crippen LogP contribution in [-0.4, -0.2) is 74.9 Å². The maximum absolute atomic E-state index is 12.4. The van der Waals surface area contributed by atoms with E-state index in [1.165, 1.54) is 29.2 Å². The van der Waals surface area contributed by atoms with Gasteiger partial charge < -0.3 is 31.1 Å². The second-order valence-corrected chi connectivity index (χ2v) is 10.5. The number of pyridine rings is 1. The summed E-state index contributed by atoms with van der Waals surface area (Å²) in [7, 11) is -4.40. The number of ether oxygens (including phenoxy) is 1. The van der Waals surface area contributed by atoms with Crippen LogP contribution in [-0.2, 0) is 25.5 Å². The molecule has 2 aliphatic rings. The molecule has 0 spiro atoms. The molecular formula is C22H25N7O8S. The lowest BCUT2D eigenvalue weighted by Crippen LogP contribution is -2.46. The fourth-order valence-corrected chi connectivity index (χ4v) is 5.41. The van der Waals surface area contributed by atoms with Crippen LogP contribution in [0.1, 0.15) is 35.0 Å². The lowest BCUT2D eigenvalue weighted by molar-refractivity contribution is -0.121. The molecule has 0 bridgehead atoms. The van der Waals surface area contributed by atoms with Gasteiger partial charge in [0.05, 0.1) is 12.0 Å². The van der Waals surface area contributed by atoms with Gasteiger partial charge >= 0.3 is 10.2 Å². The third-order valence-corrected chi connectivity index (χ3v) is 7.52. The van der Waals surface area contributed by atoms with E-state index in [2.05, 4.69) is 20.0 Å². The number of fused-ring (bicyclic) bond motifs is 2. The van der Waals surface area contributed by atoms with Crippen molar-refractivity contribution in [2.45, 2.75) is 43.1 Å². The van der Waals surface area contributed by atoms with E-state index in [-0.39, 0.29) is 12.0 Å². The molecular weight excluding hydrogens is 522 g/mol. The van der Waals surface area contributed by atoms with Crippen LogP contribution in [0.4, 0.5) is 5.69 Å². The Balaban J connectivity index is 1.17. The Morgan fingerprint density at radius 1 is 1.21 bits per heavy atom. The summed E-state index contributed by atoms with van der Waals surface area (Å²) in [6.45, 7) is -0.479. The Hall–Kier alpha value is -3.67. The van der Waals surface area contributed by atoms with Gasteiger partial charge in [-0.05, 0) is 12.1 Å². The fraction of sp³-hybridized carbons (Fsp3) is 0.364. The maximum atomic E-state index is 12.4. The van der Waals surface area contributed by atoms with E-state index in [4.69, 9.17) is 10.5 Å². The zero-order valence-corrected chi connectivity index (χ0v) is 20.5. The summed E-state index contributed by atoms with van der Waals surface area (Å²) < 4.78 is 35.8. The van der Waals surface area contributed by atoms with Crippen LogP contribution < -0.4 is 20.5 Å². The topological polar surface area (TPSA) is 231 Å². The molecule has 0 aliphatic carbocycles. The predicted octanol–water partition coefficient (Wildman–Crippen LogP) is -2.05. The molecule has 4 heterocycles. The monoisotopic (exact) mass is 547 g/mol. The quantitative estimate of drug-likeness (QED) is 0.162. The standard InChI is InChI=1S/C22H25N7O8S/c23-13-6-8-24-19-16(13)25-10-29(19)21-18(32)17(31)14(37-21)9-26-38(35,36)28-15(30)5-7-22(34)12-4-2-1-3-11(12)20(33)27-22/h1-4,6,8,10,14,17-18,21,26,31-32,34H,5,7,9H2,(H2,23,24)(H,27,33)(H,28,30)/t14-,17-,18-,21-,22?/m1/s1. The first kappa shape index (κ1) is 26.0. The number of aromatic nitrogens is 3. The molecule has 202 valence electrons. The summed E-state index contributed by atoms with van der Waals surface area (Å²) in [5, 5.41) is 34.1. The van der Waals surface area contributed by atoms with Crippen molar-refractivity contribution in [2.75, 3.05) is 12.3 Å². The Kier molecular flexibility index (Phi) is 6.54. The van der Waals surface area contributed by atoms with E-state index in [0.29, 0.717) is 22.4 Å². The van der Waals surface area contributed by atoms with Gasteiger partial charge in [-0.3, -0.25) is 14.2 Å². The van der Waals surface area contributed by atoms with E-state index < -0.39 is 65.3 Å². The van der Waals surface area contributed by atoms with Gasteiger partial charge in [-0.15, -0.1) is 0 Å². The lowest BCUT2D eigenvalue weighted by Gasteiger charge is -2.23. The number of aliphatic hydroxyl groups is 3. The summed E-state index contributed by atoms with van der Waals surface area (Å²) in [5.41, 5.74) is 5.65. The normalized spacial score (nSPS) is 26.9. The van der Waals surface area contributed by atoms with Crippen LogP contribution in [0.5, 0.6) is 0 Å². The zero-order valence-electron chi connectivity index (χ0n) is 19.7. The number of nitrogens with zero attached hydrogens (tertiary/aromatic N) is 3. The Bertz CT molecular complexity index is 1510. The molecule has 8 N–H and O–H groups in total. The Morgan fingerprint density at radius 2 is 1.97 bits per heavy atom. The van der Waals surface area contributed by atoms with Crippen molar-refractivity contribution in [3.8, 4) is 0 Å². The fourth-order valence-electron chi connectivity index (χ4n) is 4.55. The first-order valence-electron chi connectivity index (χ1n) is 11.5. The molecule has 3 aromatic rings. The largest absolute Gasteiger partial charge is 0.397 e. The number of hydrogen-bond acceptors (Lipinski definition) is 11. The highest BCUT2D eigenvalue weighted by atomic mass is 32.2. The highest BCUT2D eigenvalue weighted by molar-refractivity contribution is 7.88. The number of amides is 2. The van der Waals surface area contributed by atoms with Gasteiger partial charge in [0.15, 0.2) is 17.6 Å². The van der Waals surface area contributed by atoms with Gasteiger partial charge in [0.2, 0.25) is 5.91 Å². The molecule has 1 saturated heterocycles. The SMILES string of the molecule is Nc1ccnc2c1ncn2[C@@H]1O[C@H](CNS(=O)(=O)NC(=O)CCC2(O)NC(=O)c3ccccc32)[C@@H](O)[C@H]1O. The molecule has 2 aliphatic heterocycles. The summed E-state index contributed by atoms with van der Waals surface area (Å²) >= 11 is 0. The minimum Gasteiger partial charge on any atom is -0.397 e. The number of nitrogens with one attached hydrogen (secondary N) is 3. The van der Waals surface area contributed by atoms with Crippen molar-refractivity contribution in [2.24, 2.45) is 0 Å². The summed E-state index contributed by atoms with van der Waals surface area (Å²) in [6.07, 6.45) is -3.14. The zero-order chi connectivity index (χ0) is 27.2. The molecule has 0 radical (unpaired) electrons. The third kappa shape index (κ3) is 4.68. The van der Waals surface area contributed by atoms with Gasteiger partial charge in [-0.2, -0.15) is 13.1 Å². The van der Waals surface area contributed by atoms with E-state index in [1.54, 1.807) is 18.2 Å². The molecule has 5 rings (SSSR count). The molecule has 1 unspecified atom stereocenters. The van der Waals surface area contributed by atoms with Crippen molar-refractivity contribution >= 4 is 38.9 Å². The Labute approximate surface area is 215 Å². The maximum Gasteiger partial charge on any atom is 0.301 e. The average Bonchev–Trinajstić information content (AvgIpc) is 3.51. The first-order chi connectivity index (χ1) is 18.0. The molecule has 16 heteroatoms. The van der Waals surface area contributed by atoms with Crippen molar-refractivity contribution in [1.29, 1.82) is 0 Å². The number of nitrogen functional groups attached to an aromatic ring is 1. The third-order valence-electron chi connectivity index (χ3n) is 6.48. The predicted molar refractivity (Wildman–Crippen MR) is 130 cm³/mol. The number of rotatable bonds is 8. The number of hydrogen-bond donors (Lipinski definition) is 7. The molecule has 5 atom stereocenters. The number of anilines is 1. The van der Waals surface area contributed by atoms with Crippen molar-refractivity contribution in [3.63, 3.8) is 0 Å². The number of nitrogens with two attached hydrogens (primary N) is 1. The molecule has 2 amide bonds. The summed E-state index contributed by atoms with van der Waals surface area (Å²) in [6, 6.07) is 7.87. The van der Waals surface area contributed by atoms with Crippen LogP contribution in [0.3, 0.4) is 0 Å². The number of aliphatic hydroxyl groups excluding tert-OH is 2. The Morgan fingerprint density at radius 3 is 2.76 bits per heavy atom. The van der Waals surface area contributed by atoms with E-state index in [1.807, 2.05) is 4.72 Å². The number of carbonyl (C=O) groups is 2. The summed E-state index contributed by atoms with van der Waals surface area (Å²) in [4.78, 5) is 32.7. The highest BCUT2D eigenvalue weighted by Crippen LogP contribution is 2.33. The molecule has 0 saturated carbocycles. The van der Waals surface area contributed by atoms with E-state index >= 15 is 0 Å². The van der Waals surface area contributed by atoms with Gasteiger partial charge in [0.25, 0.3) is 5.91 Å². The minimum absolute atomic E-state index is 0.267. The van der Waals surface area contributed by atoms with Gasteiger partial charge in [0.1, 0.15) is 23.8 Å². The molecule has 38 heavy (non-hydrogen) atoms. The molecule has 1 aromatic carbocycles. The molecule has 2 aromatic heterocycles. The van der Waals surface area contributed by atoms with Crippen LogP contribution in [0.2, 0.25) is 0 Å². The van der Waals surface area contributed by atoms with Gasteiger partial charge in [-0.25, -0.2) is 14.7 Å². The smallest absolute Gasteiger partial charge is 0.301 e. The second-order valence-electron chi connectivity index (χ2n) is 9.01. The minimum atomic E-state index is -4.40. The van der Waals surface area contributed by atoms with Crippen molar-refractivity contribution in [3.05, 3.63) is 54.0 Å². The van der Waals surface area contributed by atoms with Crippen LogP contribution in [0.15, 0.2) is 42.9 Å². The lowest BCUT2D eigenvalue weighted by atomic mass is 9.97. The average molecular weight is 548 g/mol. The summed E-state index contributed by atoms with van der Waals surface area (Å²) in [5.74, 6) is -1.44. The molecule has 1 fully saturated rings. The van der Waals surface area contributed by atoms with E-state index in [0.717, 1.165) is 0 Å². The number of benzene rings is 1. The van der Waals surface area contributed by atoms with Crippen molar-refractivity contribution in [1.82, 2.24) is 29.3 Å². The van der Waals surface area contributed by atoms with Crippen LogP contribution in [0, 0.1) is 0 Å². The second kappa shape index (κ2) is 9.57. The van der Waals surface area contributed by atoms with Crippen LogP contribution >= 0.6 is 0 Å². The number of carbonyl (C=O) groups excluding carboxylic acids is 2. The first-order valence-corrected chi connectivity index (χ1v) is 13.0. The van der Waals surface area contributed by atoms with Gasteiger partial charge in [-0.1, -0.05) is 18.2 Å². The van der Waals surface area contributed by atoms with Crippen LogP contribution in [0.25, 0.3) is 11.2 Å². The van der Waals surface area contributed by atoms with Crippen molar-refractivity contribution < 1.29 is 38.1 Å². The van der Waals surface area contributed by atoms with Gasteiger partial charge in [0, 0.05) is 36.7 Å². The highest BCUT2D eigenvalue weighted by Gasteiger charge is 2.45. The van der Waals surface area contributed by atoms with E-state index in [9.17, 15) is 33.3 Å².